The summed E-state index contributed by atoms with van der Waals surface area (Å²) in [6.45, 7) is 1.67. The van der Waals surface area contributed by atoms with Crippen molar-refractivity contribution in [1.29, 1.82) is 0 Å². The number of carboxylic acids is 1. The van der Waals surface area contributed by atoms with Gasteiger partial charge >= 0.3 is 5.97 Å². The third-order valence-corrected chi connectivity index (χ3v) is 4.50. The summed E-state index contributed by atoms with van der Waals surface area (Å²) in [5.41, 5.74) is -0.0662. The highest BCUT2D eigenvalue weighted by molar-refractivity contribution is 7.92. The van der Waals surface area contributed by atoms with E-state index >= 15 is 0 Å². The number of anilines is 1. The molecule has 0 heterocycles. The van der Waals surface area contributed by atoms with E-state index in [0.29, 0.717) is 11.3 Å². The van der Waals surface area contributed by atoms with Crippen LogP contribution in [0.15, 0.2) is 41.3 Å². The van der Waals surface area contributed by atoms with E-state index in [0.717, 1.165) is 18.2 Å². The molecule has 2 aromatic carbocycles. The number of hydrogen-bond acceptors (Lipinski definition) is 4. The van der Waals surface area contributed by atoms with Crippen molar-refractivity contribution in [2.45, 2.75) is 11.8 Å². The Hall–Kier alpha value is -2.61. The summed E-state index contributed by atoms with van der Waals surface area (Å²) in [4.78, 5) is 10.8. The molecule has 122 valence electrons. The van der Waals surface area contributed by atoms with Crippen molar-refractivity contribution < 1.29 is 27.4 Å². The lowest BCUT2D eigenvalue weighted by molar-refractivity contribution is 0.0697. The number of methoxy groups -OCH3 is 1. The van der Waals surface area contributed by atoms with Gasteiger partial charge in [0.2, 0.25) is 0 Å². The molecular formula is C15H14FNO5S. The minimum Gasteiger partial charge on any atom is -0.496 e. The minimum atomic E-state index is -4.06. The SMILES string of the molecule is COc1ccc(S(=O)(=O)Nc2cc(C(=O)O)ccc2F)cc1C. The number of nitrogens with one attached hydrogen (secondary N) is 1. The summed E-state index contributed by atoms with van der Waals surface area (Å²) in [5, 5.41) is 8.90. The summed E-state index contributed by atoms with van der Waals surface area (Å²) < 4.78 is 45.5. The molecule has 0 unspecified atom stereocenters. The largest absolute Gasteiger partial charge is 0.496 e. The smallest absolute Gasteiger partial charge is 0.335 e. The first-order valence-electron chi connectivity index (χ1n) is 6.45. The molecule has 2 aromatic rings. The van der Waals surface area contributed by atoms with Crippen LogP contribution in [0.1, 0.15) is 15.9 Å². The molecule has 2 rings (SSSR count). The number of rotatable bonds is 5. The van der Waals surface area contributed by atoms with Gasteiger partial charge in [-0.05, 0) is 48.9 Å². The van der Waals surface area contributed by atoms with Gasteiger partial charge in [0.1, 0.15) is 11.6 Å². The number of halogens is 1. The minimum absolute atomic E-state index is 0.0871. The summed E-state index contributed by atoms with van der Waals surface area (Å²) >= 11 is 0. The summed E-state index contributed by atoms with van der Waals surface area (Å²) in [5.74, 6) is -1.64. The van der Waals surface area contributed by atoms with E-state index in [1.165, 1.54) is 25.3 Å². The first-order valence-corrected chi connectivity index (χ1v) is 7.93. The Bertz CT molecular complexity index is 864. The maximum atomic E-state index is 13.7. The van der Waals surface area contributed by atoms with Crippen LogP contribution in [0.3, 0.4) is 0 Å². The normalized spacial score (nSPS) is 11.1. The zero-order valence-corrected chi connectivity index (χ0v) is 13.1. The van der Waals surface area contributed by atoms with E-state index < -0.39 is 27.5 Å². The Kier molecular flexibility index (Phi) is 4.55. The lowest BCUT2D eigenvalue weighted by Gasteiger charge is -2.11. The Morgan fingerprint density at radius 1 is 1.22 bits per heavy atom. The molecule has 6 nitrogen and oxygen atoms in total. The van der Waals surface area contributed by atoms with Crippen LogP contribution in [0.2, 0.25) is 0 Å². The Morgan fingerprint density at radius 2 is 1.91 bits per heavy atom. The van der Waals surface area contributed by atoms with Gasteiger partial charge in [-0.3, -0.25) is 4.72 Å². The molecule has 0 aromatic heterocycles. The van der Waals surface area contributed by atoms with E-state index in [2.05, 4.69) is 4.72 Å². The number of carbonyl (C=O) groups is 1. The number of carboxylic acid groups (broad SMARTS) is 1. The van der Waals surface area contributed by atoms with Gasteiger partial charge in [-0.1, -0.05) is 0 Å². The summed E-state index contributed by atoms with van der Waals surface area (Å²) in [6, 6.07) is 7.03. The number of aromatic carboxylic acids is 1. The molecule has 0 atom stereocenters. The van der Waals surface area contributed by atoms with Crippen LogP contribution in [0.4, 0.5) is 10.1 Å². The highest BCUT2D eigenvalue weighted by Gasteiger charge is 2.18. The number of benzene rings is 2. The molecule has 0 bridgehead atoms. The van der Waals surface area contributed by atoms with E-state index in [4.69, 9.17) is 9.84 Å². The van der Waals surface area contributed by atoms with Crippen molar-refractivity contribution in [1.82, 2.24) is 0 Å². The number of hydrogen-bond donors (Lipinski definition) is 2. The Morgan fingerprint density at radius 3 is 2.48 bits per heavy atom. The molecule has 0 spiro atoms. The zero-order valence-electron chi connectivity index (χ0n) is 12.3. The van der Waals surface area contributed by atoms with Crippen LogP contribution >= 0.6 is 0 Å². The van der Waals surface area contributed by atoms with E-state index in [1.54, 1.807) is 6.92 Å². The predicted molar refractivity (Wildman–Crippen MR) is 81.9 cm³/mol. The molecular weight excluding hydrogens is 325 g/mol. The van der Waals surface area contributed by atoms with Crippen LogP contribution in [0.5, 0.6) is 5.75 Å². The van der Waals surface area contributed by atoms with Gasteiger partial charge in [-0.25, -0.2) is 17.6 Å². The first kappa shape index (κ1) is 16.8. The van der Waals surface area contributed by atoms with Gasteiger partial charge in [0.25, 0.3) is 10.0 Å². The molecule has 0 saturated carbocycles. The van der Waals surface area contributed by atoms with E-state index in [-0.39, 0.29) is 10.5 Å². The average molecular weight is 339 g/mol. The van der Waals surface area contributed by atoms with Crippen LogP contribution in [0, 0.1) is 12.7 Å². The van der Waals surface area contributed by atoms with Crippen molar-refractivity contribution in [3.8, 4) is 5.75 Å². The zero-order chi connectivity index (χ0) is 17.2. The molecule has 0 radical (unpaired) electrons. The number of ether oxygens (including phenoxy) is 1. The van der Waals surface area contributed by atoms with Crippen molar-refractivity contribution in [2.75, 3.05) is 11.8 Å². The number of sulfonamides is 1. The first-order chi connectivity index (χ1) is 10.7. The van der Waals surface area contributed by atoms with E-state index in [9.17, 15) is 17.6 Å². The molecule has 8 heteroatoms. The maximum Gasteiger partial charge on any atom is 0.335 e. The van der Waals surface area contributed by atoms with Gasteiger partial charge in [0, 0.05) is 0 Å². The van der Waals surface area contributed by atoms with Crippen LogP contribution in [0.25, 0.3) is 0 Å². The predicted octanol–water partition coefficient (Wildman–Crippen LogP) is 2.64. The quantitative estimate of drug-likeness (QED) is 0.873. The van der Waals surface area contributed by atoms with Gasteiger partial charge in [0.15, 0.2) is 0 Å². The molecule has 2 N–H and O–H groups in total. The Labute approximate surface area is 132 Å². The highest BCUT2D eigenvalue weighted by Crippen LogP contribution is 2.24. The van der Waals surface area contributed by atoms with Crippen molar-refractivity contribution >= 4 is 21.7 Å². The van der Waals surface area contributed by atoms with Gasteiger partial charge in [0.05, 0.1) is 23.3 Å². The maximum absolute atomic E-state index is 13.7. The van der Waals surface area contributed by atoms with Crippen molar-refractivity contribution in [3.05, 3.63) is 53.3 Å². The fourth-order valence-corrected chi connectivity index (χ4v) is 3.10. The topological polar surface area (TPSA) is 92.7 Å². The van der Waals surface area contributed by atoms with Crippen molar-refractivity contribution in [3.63, 3.8) is 0 Å². The molecule has 0 amide bonds. The molecule has 0 saturated heterocycles. The molecule has 0 aliphatic rings. The second-order valence-electron chi connectivity index (χ2n) is 4.74. The highest BCUT2D eigenvalue weighted by atomic mass is 32.2. The lowest BCUT2D eigenvalue weighted by Crippen LogP contribution is -2.15. The molecule has 0 fully saturated rings. The average Bonchev–Trinajstić information content (AvgIpc) is 2.49. The van der Waals surface area contributed by atoms with Crippen LogP contribution in [-0.2, 0) is 10.0 Å². The molecule has 23 heavy (non-hydrogen) atoms. The van der Waals surface area contributed by atoms with Crippen LogP contribution < -0.4 is 9.46 Å². The monoisotopic (exact) mass is 339 g/mol. The number of aryl methyl sites for hydroxylation is 1. The molecule has 0 aliphatic carbocycles. The van der Waals surface area contributed by atoms with Crippen LogP contribution in [-0.4, -0.2) is 26.6 Å². The molecule has 0 aliphatic heterocycles. The van der Waals surface area contributed by atoms with Gasteiger partial charge in [-0.15, -0.1) is 0 Å². The van der Waals surface area contributed by atoms with Gasteiger partial charge in [-0.2, -0.15) is 0 Å². The Balaban J connectivity index is 2.40. The summed E-state index contributed by atoms with van der Waals surface area (Å²) in [7, 11) is -2.60. The fourth-order valence-electron chi connectivity index (χ4n) is 1.96. The third-order valence-electron chi connectivity index (χ3n) is 3.13. The third kappa shape index (κ3) is 3.59. The van der Waals surface area contributed by atoms with Gasteiger partial charge < -0.3 is 9.84 Å². The van der Waals surface area contributed by atoms with E-state index in [1.807, 2.05) is 0 Å². The second-order valence-corrected chi connectivity index (χ2v) is 6.42. The second kappa shape index (κ2) is 6.25. The summed E-state index contributed by atoms with van der Waals surface area (Å²) in [6.07, 6.45) is 0. The van der Waals surface area contributed by atoms with Crippen molar-refractivity contribution in [2.24, 2.45) is 0 Å². The lowest BCUT2D eigenvalue weighted by atomic mass is 10.2. The standard InChI is InChI=1S/C15H14FNO5S/c1-9-7-11(4-6-14(9)22-2)23(20,21)17-13-8-10(15(18)19)3-5-12(13)16/h3-8,17H,1-2H3,(H,18,19). The fraction of sp³-hybridized carbons (Fsp3) is 0.133.